The molecule has 0 aliphatic heterocycles. The Morgan fingerprint density at radius 2 is 2.10 bits per heavy atom. The average Bonchev–Trinajstić information content (AvgIpc) is 3.41. The molecule has 1 unspecified atom stereocenters. The van der Waals surface area contributed by atoms with E-state index in [0.717, 1.165) is 16.8 Å². The first-order valence-corrected chi connectivity index (χ1v) is 9.70. The molecule has 0 amide bonds. The second-order valence-electron chi connectivity index (χ2n) is 6.74. The average molecular weight is 402 g/mol. The number of fused-ring (bicyclic) bond motifs is 1. The van der Waals surface area contributed by atoms with Crippen LogP contribution >= 0.6 is 0 Å². The van der Waals surface area contributed by atoms with E-state index in [1.807, 2.05) is 36.7 Å². The van der Waals surface area contributed by atoms with Crippen LogP contribution in [0.3, 0.4) is 0 Å². The van der Waals surface area contributed by atoms with Crippen molar-refractivity contribution in [1.29, 1.82) is 5.26 Å². The zero-order valence-corrected chi connectivity index (χ0v) is 16.7. The summed E-state index contributed by atoms with van der Waals surface area (Å²) in [6.45, 7) is 5.15. The Kier molecular flexibility index (Phi) is 5.18. The molecular weight excluding hydrogens is 380 g/mol. The lowest BCUT2D eigenvalue weighted by Crippen LogP contribution is -2.20. The maximum atomic E-state index is 10.4. The van der Waals surface area contributed by atoms with Crippen molar-refractivity contribution < 1.29 is 5.11 Å². The summed E-state index contributed by atoms with van der Waals surface area (Å²) in [4.78, 5) is 9.32. The molecule has 152 valence electrons. The van der Waals surface area contributed by atoms with Gasteiger partial charge in [-0.05, 0) is 31.7 Å². The van der Waals surface area contributed by atoms with Gasteiger partial charge in [-0.1, -0.05) is 19.1 Å². The lowest BCUT2D eigenvalue weighted by Gasteiger charge is -2.13. The predicted octanol–water partition coefficient (Wildman–Crippen LogP) is 2.33. The third-order valence-corrected chi connectivity index (χ3v) is 4.87. The van der Waals surface area contributed by atoms with E-state index in [4.69, 9.17) is 5.73 Å². The number of hydrogen-bond acceptors (Lipinski definition) is 7. The van der Waals surface area contributed by atoms with Crippen LogP contribution < -0.4 is 11.1 Å². The van der Waals surface area contributed by atoms with E-state index >= 15 is 0 Å². The highest BCUT2D eigenvalue weighted by Crippen LogP contribution is 2.35. The standard InChI is InChI=1S/C21H22N8O/c1-3-24-20(30)15-12-28-19(26-15)17(16-8-9-25-29(16)4-2)18(27-21(28)23)14-7-5-6-13(10-14)11-22/h5-10,12,20,24,30H,3-4H2,1-2H3,(H2,23,27). The number of aliphatic hydroxyl groups excluding tert-OH is 1. The summed E-state index contributed by atoms with van der Waals surface area (Å²) in [5, 5.41) is 27.0. The molecule has 4 aromatic rings. The Hall–Kier alpha value is -3.74. The minimum absolute atomic E-state index is 0.233. The molecule has 9 heteroatoms. The van der Waals surface area contributed by atoms with Gasteiger partial charge >= 0.3 is 0 Å². The minimum atomic E-state index is -0.927. The fraction of sp³-hybridized carbons (Fsp3) is 0.238. The number of anilines is 1. The van der Waals surface area contributed by atoms with Gasteiger partial charge < -0.3 is 10.8 Å². The van der Waals surface area contributed by atoms with Crippen molar-refractivity contribution in [2.45, 2.75) is 26.6 Å². The van der Waals surface area contributed by atoms with Crippen LogP contribution in [-0.2, 0) is 6.54 Å². The highest BCUT2D eigenvalue weighted by molar-refractivity contribution is 5.90. The van der Waals surface area contributed by atoms with Crippen molar-refractivity contribution >= 4 is 11.6 Å². The second-order valence-corrected chi connectivity index (χ2v) is 6.74. The number of aromatic nitrogens is 5. The first-order chi connectivity index (χ1) is 14.6. The third kappa shape index (κ3) is 3.28. The maximum absolute atomic E-state index is 10.4. The zero-order valence-electron chi connectivity index (χ0n) is 16.7. The number of nitrogens with one attached hydrogen (secondary N) is 1. The quantitative estimate of drug-likeness (QED) is 0.422. The van der Waals surface area contributed by atoms with E-state index in [2.05, 4.69) is 26.5 Å². The van der Waals surface area contributed by atoms with E-state index in [0.29, 0.717) is 35.7 Å². The smallest absolute Gasteiger partial charge is 0.206 e. The highest BCUT2D eigenvalue weighted by Gasteiger charge is 2.23. The van der Waals surface area contributed by atoms with Crippen molar-refractivity contribution in [3.63, 3.8) is 0 Å². The monoisotopic (exact) mass is 402 g/mol. The van der Waals surface area contributed by atoms with Gasteiger partial charge in [-0.15, -0.1) is 0 Å². The van der Waals surface area contributed by atoms with Crippen molar-refractivity contribution in [1.82, 2.24) is 29.5 Å². The fourth-order valence-electron chi connectivity index (χ4n) is 3.49. The summed E-state index contributed by atoms with van der Waals surface area (Å²) >= 11 is 0. The highest BCUT2D eigenvalue weighted by atomic mass is 16.3. The van der Waals surface area contributed by atoms with E-state index in [9.17, 15) is 10.4 Å². The SMILES string of the molecule is CCNC(O)c1cn2c(N)nc(-c3cccc(C#N)c3)c(-c3ccnn3CC)c2n1. The van der Waals surface area contributed by atoms with Crippen LogP contribution in [0.5, 0.6) is 0 Å². The van der Waals surface area contributed by atoms with Gasteiger partial charge in [-0.2, -0.15) is 10.4 Å². The van der Waals surface area contributed by atoms with Crippen molar-refractivity contribution in [3.05, 3.63) is 54.0 Å². The molecule has 1 atom stereocenters. The van der Waals surface area contributed by atoms with Crippen LogP contribution in [0, 0.1) is 11.3 Å². The number of aliphatic hydroxyl groups is 1. The summed E-state index contributed by atoms with van der Waals surface area (Å²) in [6, 6.07) is 11.2. The Morgan fingerprint density at radius 1 is 1.27 bits per heavy atom. The van der Waals surface area contributed by atoms with Gasteiger partial charge in [0.15, 0.2) is 5.65 Å². The van der Waals surface area contributed by atoms with Crippen molar-refractivity contribution in [2.24, 2.45) is 0 Å². The van der Waals surface area contributed by atoms with E-state index in [-0.39, 0.29) is 5.95 Å². The van der Waals surface area contributed by atoms with Gasteiger partial charge in [0.25, 0.3) is 0 Å². The normalized spacial score (nSPS) is 12.2. The molecule has 30 heavy (non-hydrogen) atoms. The van der Waals surface area contributed by atoms with Gasteiger partial charge in [-0.25, -0.2) is 9.97 Å². The molecule has 0 spiro atoms. The maximum Gasteiger partial charge on any atom is 0.206 e. The number of nitrogens with zero attached hydrogens (tertiary/aromatic N) is 6. The Balaban J connectivity index is 2.06. The van der Waals surface area contributed by atoms with Crippen molar-refractivity contribution in [2.75, 3.05) is 12.3 Å². The summed E-state index contributed by atoms with van der Waals surface area (Å²) in [5.74, 6) is 0.233. The molecule has 9 nitrogen and oxygen atoms in total. The third-order valence-electron chi connectivity index (χ3n) is 4.87. The summed E-state index contributed by atoms with van der Waals surface area (Å²) in [6.07, 6.45) is 2.47. The first-order valence-electron chi connectivity index (χ1n) is 9.70. The molecular formula is C21H22N8O. The zero-order chi connectivity index (χ0) is 21.3. The Bertz CT molecular complexity index is 1250. The van der Waals surface area contributed by atoms with Crippen LogP contribution in [0.15, 0.2) is 42.7 Å². The van der Waals surface area contributed by atoms with E-state index < -0.39 is 6.23 Å². The van der Waals surface area contributed by atoms with Gasteiger partial charge in [-0.3, -0.25) is 14.4 Å². The van der Waals surface area contributed by atoms with Crippen LogP contribution in [-0.4, -0.2) is 35.8 Å². The Labute approximate surface area is 173 Å². The molecule has 0 saturated heterocycles. The first kappa shape index (κ1) is 19.6. The van der Waals surface area contributed by atoms with E-state index in [1.165, 1.54) is 0 Å². The second kappa shape index (κ2) is 7.94. The molecule has 0 aliphatic carbocycles. The predicted molar refractivity (Wildman–Crippen MR) is 113 cm³/mol. The molecule has 0 saturated carbocycles. The van der Waals surface area contributed by atoms with Crippen LogP contribution in [0.25, 0.3) is 28.2 Å². The molecule has 4 rings (SSSR count). The molecule has 0 aliphatic rings. The lowest BCUT2D eigenvalue weighted by atomic mass is 10.0. The number of aryl methyl sites for hydroxylation is 1. The molecule has 0 bridgehead atoms. The minimum Gasteiger partial charge on any atom is -0.373 e. The largest absolute Gasteiger partial charge is 0.373 e. The molecule has 4 N–H and O–H groups in total. The fourth-order valence-corrected chi connectivity index (χ4v) is 3.49. The number of nitrogens with two attached hydrogens (primary N) is 1. The molecule has 0 fully saturated rings. The van der Waals surface area contributed by atoms with Crippen LogP contribution in [0.2, 0.25) is 0 Å². The number of rotatable bonds is 6. The summed E-state index contributed by atoms with van der Waals surface area (Å²) < 4.78 is 3.51. The van der Waals surface area contributed by atoms with Crippen molar-refractivity contribution in [3.8, 4) is 28.6 Å². The Morgan fingerprint density at radius 3 is 2.83 bits per heavy atom. The summed E-state index contributed by atoms with van der Waals surface area (Å²) in [5.41, 5.74) is 10.7. The van der Waals surface area contributed by atoms with Crippen LogP contribution in [0.4, 0.5) is 5.95 Å². The van der Waals surface area contributed by atoms with Gasteiger partial charge in [0.1, 0.15) is 11.9 Å². The number of benzene rings is 1. The molecule has 0 radical (unpaired) electrons. The van der Waals surface area contributed by atoms with Gasteiger partial charge in [0.2, 0.25) is 5.95 Å². The number of hydrogen-bond donors (Lipinski definition) is 3. The van der Waals surface area contributed by atoms with Gasteiger partial charge in [0, 0.05) is 24.5 Å². The number of imidazole rings is 1. The topological polar surface area (TPSA) is 130 Å². The van der Waals surface area contributed by atoms with Crippen LogP contribution in [0.1, 0.15) is 31.3 Å². The molecule has 3 heterocycles. The van der Waals surface area contributed by atoms with E-state index in [1.54, 1.807) is 28.9 Å². The molecule has 3 aromatic heterocycles. The lowest BCUT2D eigenvalue weighted by molar-refractivity contribution is 0.138. The number of nitriles is 1. The number of nitrogen functional groups attached to an aromatic ring is 1. The van der Waals surface area contributed by atoms with Gasteiger partial charge in [0.05, 0.1) is 28.6 Å². The molecule has 1 aromatic carbocycles. The summed E-state index contributed by atoms with van der Waals surface area (Å²) in [7, 11) is 0.